The van der Waals surface area contributed by atoms with Gasteiger partial charge in [0.25, 0.3) is 0 Å². The predicted octanol–water partition coefficient (Wildman–Crippen LogP) is 11.9. The fourth-order valence-electron chi connectivity index (χ4n) is 7.36. The fourth-order valence-corrected chi connectivity index (χ4v) is 7.36. The predicted molar refractivity (Wildman–Crippen MR) is 185 cm³/mol. The van der Waals surface area contributed by atoms with Crippen molar-refractivity contribution >= 4 is 21.5 Å². The molecule has 206 valence electrons. The zero-order chi connectivity index (χ0) is 29.3. The van der Waals surface area contributed by atoms with Crippen molar-refractivity contribution in [1.29, 1.82) is 0 Å². The van der Waals surface area contributed by atoms with Gasteiger partial charge in [-0.25, -0.2) is 0 Å². The second kappa shape index (κ2) is 9.54. The van der Waals surface area contributed by atoms with Crippen molar-refractivity contribution in [2.24, 2.45) is 0 Å². The topological polar surface area (TPSA) is 0 Å². The molecule has 0 fully saturated rings. The van der Waals surface area contributed by atoms with Crippen LogP contribution < -0.4 is 0 Å². The Balaban J connectivity index is 1.16. The van der Waals surface area contributed by atoms with E-state index in [0.29, 0.717) is 0 Å². The monoisotopic (exact) mass is 550 g/mol. The highest BCUT2D eigenvalue weighted by molar-refractivity contribution is 6.09. The molecule has 0 radical (unpaired) electrons. The van der Waals surface area contributed by atoms with Gasteiger partial charge in [0.2, 0.25) is 0 Å². The van der Waals surface area contributed by atoms with E-state index in [-0.39, 0.29) is 5.41 Å². The molecule has 0 amide bonds. The summed E-state index contributed by atoms with van der Waals surface area (Å²) in [7, 11) is 0. The van der Waals surface area contributed by atoms with Crippen LogP contribution in [0.15, 0.2) is 133 Å². The van der Waals surface area contributed by atoms with Gasteiger partial charge in [-0.3, -0.25) is 0 Å². The zero-order valence-electron chi connectivity index (χ0n) is 25.2. The van der Waals surface area contributed by atoms with Gasteiger partial charge in [-0.2, -0.15) is 0 Å². The maximum Gasteiger partial charge on any atom is 0.0159 e. The molecule has 7 aromatic carbocycles. The lowest BCUT2D eigenvalue weighted by Crippen LogP contribution is -2.14. The van der Waals surface area contributed by atoms with Gasteiger partial charge in [-0.15, -0.1) is 0 Å². The molecule has 0 atom stereocenters. The third kappa shape index (κ3) is 4.13. The fraction of sp³-hybridized carbons (Fsp3) is 0.116. The Morgan fingerprint density at radius 1 is 0.395 bits per heavy atom. The number of aryl methyl sites for hydroxylation is 2. The molecule has 0 unspecified atom stereocenters. The van der Waals surface area contributed by atoms with Gasteiger partial charge < -0.3 is 0 Å². The van der Waals surface area contributed by atoms with Crippen LogP contribution in [0.5, 0.6) is 0 Å². The van der Waals surface area contributed by atoms with E-state index >= 15 is 0 Å². The lowest BCUT2D eigenvalue weighted by Gasteiger charge is -2.22. The van der Waals surface area contributed by atoms with Gasteiger partial charge in [0.1, 0.15) is 0 Å². The summed E-state index contributed by atoms with van der Waals surface area (Å²) < 4.78 is 0. The lowest BCUT2D eigenvalue weighted by atomic mass is 9.81. The van der Waals surface area contributed by atoms with E-state index in [4.69, 9.17) is 0 Å². The van der Waals surface area contributed by atoms with Crippen LogP contribution in [-0.4, -0.2) is 0 Å². The van der Waals surface area contributed by atoms with E-state index in [9.17, 15) is 0 Å². The molecule has 0 N–H and O–H groups in total. The van der Waals surface area contributed by atoms with E-state index in [1.807, 2.05) is 0 Å². The van der Waals surface area contributed by atoms with Crippen molar-refractivity contribution in [2.45, 2.75) is 33.1 Å². The molecular weight excluding hydrogens is 516 g/mol. The van der Waals surface area contributed by atoms with Crippen molar-refractivity contribution in [2.75, 3.05) is 0 Å². The SMILES string of the molecule is Cc1cc(C)c2ccc3cc(-c4cccc(-c5cccc(-c6ccc7c(c6)C(C)(C)c6ccccc6-7)c5)c4)ccc3c2c1. The summed E-state index contributed by atoms with van der Waals surface area (Å²) in [6, 6.07) is 49.9. The Kier molecular flexibility index (Phi) is 5.71. The molecule has 0 spiro atoms. The Hall–Kier alpha value is -4.94. The Bertz CT molecular complexity index is 2230. The zero-order valence-corrected chi connectivity index (χ0v) is 25.2. The Morgan fingerprint density at radius 2 is 0.977 bits per heavy atom. The number of benzene rings is 7. The molecule has 0 aliphatic heterocycles. The van der Waals surface area contributed by atoms with Crippen LogP contribution in [0.3, 0.4) is 0 Å². The van der Waals surface area contributed by atoms with Crippen LogP contribution in [0.1, 0.15) is 36.1 Å². The first-order chi connectivity index (χ1) is 20.9. The van der Waals surface area contributed by atoms with Gasteiger partial charge in [0, 0.05) is 5.41 Å². The van der Waals surface area contributed by atoms with Crippen molar-refractivity contribution in [3.05, 3.63) is 156 Å². The molecule has 0 heterocycles. The molecule has 8 rings (SSSR count). The van der Waals surface area contributed by atoms with Crippen LogP contribution >= 0.6 is 0 Å². The van der Waals surface area contributed by atoms with E-state index < -0.39 is 0 Å². The highest BCUT2D eigenvalue weighted by Crippen LogP contribution is 2.49. The lowest BCUT2D eigenvalue weighted by molar-refractivity contribution is 0.660. The van der Waals surface area contributed by atoms with Gasteiger partial charge in [0.05, 0.1) is 0 Å². The Labute approximate surface area is 254 Å². The second-order valence-corrected chi connectivity index (χ2v) is 12.8. The summed E-state index contributed by atoms with van der Waals surface area (Å²) in [4.78, 5) is 0. The first-order valence-corrected chi connectivity index (χ1v) is 15.3. The van der Waals surface area contributed by atoms with Crippen molar-refractivity contribution in [1.82, 2.24) is 0 Å². The maximum atomic E-state index is 2.41. The summed E-state index contributed by atoms with van der Waals surface area (Å²) in [5, 5.41) is 5.27. The van der Waals surface area contributed by atoms with E-state index in [2.05, 4.69) is 161 Å². The molecular formula is C43H34. The number of hydrogen-bond donors (Lipinski definition) is 0. The molecule has 1 aliphatic carbocycles. The number of hydrogen-bond acceptors (Lipinski definition) is 0. The molecule has 1 aliphatic rings. The van der Waals surface area contributed by atoms with Gasteiger partial charge in [0.15, 0.2) is 0 Å². The molecule has 0 nitrogen and oxygen atoms in total. The molecule has 43 heavy (non-hydrogen) atoms. The van der Waals surface area contributed by atoms with Crippen molar-refractivity contribution in [3.8, 4) is 44.5 Å². The number of rotatable bonds is 3. The minimum absolute atomic E-state index is 0.00230. The van der Waals surface area contributed by atoms with Crippen LogP contribution in [0.4, 0.5) is 0 Å². The van der Waals surface area contributed by atoms with Gasteiger partial charge in [-0.05, 0) is 121 Å². The van der Waals surface area contributed by atoms with Crippen molar-refractivity contribution < 1.29 is 0 Å². The molecule has 0 saturated carbocycles. The van der Waals surface area contributed by atoms with Gasteiger partial charge in [-0.1, -0.05) is 129 Å². The average Bonchev–Trinajstić information content (AvgIpc) is 3.26. The largest absolute Gasteiger partial charge is 0.0619 e. The molecule has 0 aromatic heterocycles. The summed E-state index contributed by atoms with van der Waals surface area (Å²) in [5.41, 5.74) is 15.7. The normalized spacial score (nSPS) is 13.3. The Morgan fingerprint density at radius 3 is 1.70 bits per heavy atom. The summed E-state index contributed by atoms with van der Waals surface area (Å²) in [6.45, 7) is 9.09. The molecule has 0 heteroatoms. The van der Waals surface area contributed by atoms with E-state index in [0.717, 1.165) is 0 Å². The van der Waals surface area contributed by atoms with Crippen molar-refractivity contribution in [3.63, 3.8) is 0 Å². The number of fused-ring (bicyclic) bond motifs is 6. The summed E-state index contributed by atoms with van der Waals surface area (Å²) in [5.74, 6) is 0. The first-order valence-electron chi connectivity index (χ1n) is 15.3. The van der Waals surface area contributed by atoms with E-state index in [1.54, 1.807) is 0 Å². The second-order valence-electron chi connectivity index (χ2n) is 12.8. The van der Waals surface area contributed by atoms with Crippen LogP contribution in [0, 0.1) is 13.8 Å². The maximum absolute atomic E-state index is 2.41. The third-order valence-corrected chi connectivity index (χ3v) is 9.61. The minimum atomic E-state index is -0.00230. The third-order valence-electron chi connectivity index (χ3n) is 9.61. The molecule has 0 bridgehead atoms. The highest BCUT2D eigenvalue weighted by Gasteiger charge is 2.35. The van der Waals surface area contributed by atoms with Crippen LogP contribution in [0.25, 0.3) is 66.1 Å². The quantitative estimate of drug-likeness (QED) is 0.192. The van der Waals surface area contributed by atoms with E-state index in [1.165, 1.54) is 88.3 Å². The molecule has 7 aromatic rings. The van der Waals surface area contributed by atoms with Gasteiger partial charge >= 0.3 is 0 Å². The highest BCUT2D eigenvalue weighted by atomic mass is 14.4. The summed E-state index contributed by atoms with van der Waals surface area (Å²) >= 11 is 0. The first kappa shape index (κ1) is 25.7. The standard InChI is InChI=1S/C43H34/c1-27-21-28(2)36-18-17-35-25-33(15-19-37(35)40(36)22-27)31-11-7-9-29(23-31)30-10-8-12-32(24-30)34-16-20-39-38-13-5-6-14-41(38)43(3,4)42(39)26-34/h5-26H,1-4H3. The van der Waals surface area contributed by atoms with Crippen LogP contribution in [0.2, 0.25) is 0 Å². The molecule has 0 saturated heterocycles. The summed E-state index contributed by atoms with van der Waals surface area (Å²) in [6.07, 6.45) is 0. The smallest absolute Gasteiger partial charge is 0.0159 e. The van der Waals surface area contributed by atoms with Crippen LogP contribution in [-0.2, 0) is 5.41 Å². The average molecular weight is 551 g/mol. The minimum Gasteiger partial charge on any atom is -0.0619 e.